The first-order valence-corrected chi connectivity index (χ1v) is 9.40. The molecule has 0 bridgehead atoms. The van der Waals surface area contributed by atoms with Gasteiger partial charge in [-0.1, -0.05) is 17.7 Å². The van der Waals surface area contributed by atoms with Gasteiger partial charge >= 0.3 is 6.03 Å². The first kappa shape index (κ1) is 18.2. The molecular formula is C19H19ClN6O2. The fourth-order valence-corrected chi connectivity index (χ4v) is 3.48. The zero-order valence-corrected chi connectivity index (χ0v) is 16.0. The van der Waals surface area contributed by atoms with Gasteiger partial charge in [0.25, 0.3) is 5.56 Å². The third kappa shape index (κ3) is 3.77. The number of nitrogens with one attached hydrogen (secondary N) is 3. The number of amides is 2. The summed E-state index contributed by atoms with van der Waals surface area (Å²) in [7, 11) is 0. The Balaban J connectivity index is 1.61. The second-order valence-corrected chi connectivity index (χ2v) is 7.13. The molecule has 2 amide bonds. The second-order valence-electron chi connectivity index (χ2n) is 6.69. The SMILES string of the molecule is Cc1cc(NC(=O)Nc2cccc(Cl)c2)n(-c2nc3c(c(=O)[nH]2)CCCC3)n1. The van der Waals surface area contributed by atoms with Crippen LogP contribution in [0.15, 0.2) is 35.1 Å². The normalized spacial score (nSPS) is 13.1. The molecule has 0 saturated heterocycles. The summed E-state index contributed by atoms with van der Waals surface area (Å²) in [6.45, 7) is 1.80. The zero-order valence-electron chi connectivity index (χ0n) is 15.3. The molecule has 0 unspecified atom stereocenters. The van der Waals surface area contributed by atoms with Gasteiger partial charge in [0.05, 0.1) is 11.4 Å². The Kier molecular flexibility index (Phi) is 4.87. The summed E-state index contributed by atoms with van der Waals surface area (Å²) in [4.78, 5) is 32.2. The van der Waals surface area contributed by atoms with E-state index in [0.29, 0.717) is 22.2 Å². The van der Waals surface area contributed by atoms with E-state index in [1.54, 1.807) is 37.3 Å². The summed E-state index contributed by atoms with van der Waals surface area (Å²) < 4.78 is 1.43. The average Bonchev–Trinajstić information content (AvgIpc) is 3.01. The van der Waals surface area contributed by atoms with Crippen LogP contribution >= 0.6 is 11.6 Å². The second kappa shape index (κ2) is 7.47. The maximum atomic E-state index is 12.4. The smallest absolute Gasteiger partial charge is 0.308 e. The maximum Gasteiger partial charge on any atom is 0.324 e. The van der Waals surface area contributed by atoms with Crippen molar-refractivity contribution in [2.45, 2.75) is 32.6 Å². The van der Waals surface area contributed by atoms with Crippen LogP contribution in [0.5, 0.6) is 0 Å². The van der Waals surface area contributed by atoms with Gasteiger partial charge in [0.1, 0.15) is 5.82 Å². The van der Waals surface area contributed by atoms with E-state index in [4.69, 9.17) is 11.6 Å². The molecule has 144 valence electrons. The quantitative estimate of drug-likeness (QED) is 0.628. The van der Waals surface area contributed by atoms with E-state index in [2.05, 4.69) is 25.7 Å². The van der Waals surface area contributed by atoms with Crippen molar-refractivity contribution in [3.05, 3.63) is 62.7 Å². The maximum absolute atomic E-state index is 12.4. The van der Waals surface area contributed by atoms with E-state index in [9.17, 15) is 9.59 Å². The molecule has 1 aliphatic rings. The Morgan fingerprint density at radius 3 is 2.86 bits per heavy atom. The van der Waals surface area contributed by atoms with Crippen LogP contribution in [-0.4, -0.2) is 25.8 Å². The number of rotatable bonds is 3. The number of aryl methyl sites for hydroxylation is 2. The summed E-state index contributed by atoms with van der Waals surface area (Å²) >= 11 is 5.94. The van der Waals surface area contributed by atoms with Gasteiger partial charge in [0.15, 0.2) is 0 Å². The Morgan fingerprint density at radius 2 is 2.04 bits per heavy atom. The molecule has 0 atom stereocenters. The molecule has 0 spiro atoms. The monoisotopic (exact) mass is 398 g/mol. The molecule has 1 aromatic carbocycles. The lowest BCUT2D eigenvalue weighted by molar-refractivity contribution is 0.262. The minimum Gasteiger partial charge on any atom is -0.308 e. The summed E-state index contributed by atoms with van der Waals surface area (Å²) in [5, 5.41) is 10.3. The number of hydrogen-bond donors (Lipinski definition) is 3. The van der Waals surface area contributed by atoms with E-state index in [1.807, 2.05) is 0 Å². The summed E-state index contributed by atoms with van der Waals surface area (Å²) in [5.41, 5.74) is 2.63. The van der Waals surface area contributed by atoms with Gasteiger partial charge in [-0.3, -0.25) is 15.1 Å². The molecule has 2 aromatic heterocycles. The van der Waals surface area contributed by atoms with Crippen molar-refractivity contribution in [2.24, 2.45) is 0 Å². The topological polar surface area (TPSA) is 105 Å². The van der Waals surface area contributed by atoms with Crippen molar-refractivity contribution in [1.29, 1.82) is 0 Å². The molecule has 0 aliphatic heterocycles. The lowest BCUT2D eigenvalue weighted by Gasteiger charge is -2.15. The van der Waals surface area contributed by atoms with Crippen molar-refractivity contribution in [3.63, 3.8) is 0 Å². The highest BCUT2D eigenvalue weighted by Gasteiger charge is 2.19. The molecular weight excluding hydrogens is 380 g/mol. The van der Waals surface area contributed by atoms with Crippen molar-refractivity contribution >= 4 is 29.1 Å². The molecule has 8 nitrogen and oxygen atoms in total. The molecule has 9 heteroatoms. The largest absolute Gasteiger partial charge is 0.324 e. The average molecular weight is 399 g/mol. The molecule has 0 saturated carbocycles. The van der Waals surface area contributed by atoms with Crippen LogP contribution in [0.1, 0.15) is 29.8 Å². The van der Waals surface area contributed by atoms with Gasteiger partial charge in [0.2, 0.25) is 5.95 Å². The van der Waals surface area contributed by atoms with Crippen molar-refractivity contribution < 1.29 is 4.79 Å². The van der Waals surface area contributed by atoms with Crippen LogP contribution in [0.2, 0.25) is 5.02 Å². The Morgan fingerprint density at radius 1 is 1.21 bits per heavy atom. The number of fused-ring (bicyclic) bond motifs is 1. The highest BCUT2D eigenvalue weighted by Crippen LogP contribution is 2.20. The van der Waals surface area contributed by atoms with Gasteiger partial charge in [-0.15, -0.1) is 0 Å². The molecule has 0 radical (unpaired) electrons. The first-order chi connectivity index (χ1) is 13.5. The van der Waals surface area contributed by atoms with Crippen LogP contribution in [0.3, 0.4) is 0 Å². The number of halogens is 1. The number of aromatic nitrogens is 4. The van der Waals surface area contributed by atoms with Crippen LogP contribution in [-0.2, 0) is 12.8 Å². The van der Waals surface area contributed by atoms with Crippen LogP contribution in [0.4, 0.5) is 16.3 Å². The Labute approximate surface area is 166 Å². The third-order valence-electron chi connectivity index (χ3n) is 4.54. The predicted octanol–water partition coefficient (Wildman–Crippen LogP) is 3.44. The predicted molar refractivity (Wildman–Crippen MR) is 107 cm³/mol. The summed E-state index contributed by atoms with van der Waals surface area (Å²) in [6, 6.07) is 8.10. The number of anilines is 2. The Bertz CT molecular complexity index is 1100. The molecule has 4 rings (SSSR count). The number of hydrogen-bond acceptors (Lipinski definition) is 4. The van der Waals surface area contributed by atoms with Gasteiger partial charge in [0, 0.05) is 22.3 Å². The van der Waals surface area contributed by atoms with E-state index >= 15 is 0 Å². The molecule has 28 heavy (non-hydrogen) atoms. The number of H-pyrrole nitrogens is 1. The minimum atomic E-state index is -0.455. The zero-order chi connectivity index (χ0) is 19.7. The highest BCUT2D eigenvalue weighted by molar-refractivity contribution is 6.30. The fraction of sp³-hybridized carbons (Fsp3) is 0.263. The molecule has 0 fully saturated rings. The third-order valence-corrected chi connectivity index (χ3v) is 4.77. The van der Waals surface area contributed by atoms with E-state index in [1.165, 1.54) is 4.68 Å². The standard InChI is InChI=1S/C19H19ClN6O2/c1-11-9-16(23-19(28)21-13-6-4-5-12(20)10-13)26(25-11)18-22-15-8-3-2-7-14(15)17(27)24-18/h4-6,9-10H,2-3,7-8H2,1H3,(H2,21,23,28)(H,22,24,27). The van der Waals surface area contributed by atoms with Gasteiger partial charge < -0.3 is 5.32 Å². The van der Waals surface area contributed by atoms with Crippen molar-refractivity contribution in [3.8, 4) is 5.95 Å². The fourth-order valence-electron chi connectivity index (χ4n) is 3.29. The molecule has 3 N–H and O–H groups in total. The number of aromatic amines is 1. The molecule has 3 aromatic rings. The number of carbonyl (C=O) groups excluding carboxylic acids is 1. The lowest BCUT2D eigenvalue weighted by atomic mass is 9.97. The van der Waals surface area contributed by atoms with Crippen LogP contribution < -0.4 is 16.2 Å². The first-order valence-electron chi connectivity index (χ1n) is 9.02. The number of urea groups is 1. The van der Waals surface area contributed by atoms with E-state index in [0.717, 1.165) is 36.9 Å². The lowest BCUT2D eigenvalue weighted by Crippen LogP contribution is -2.25. The summed E-state index contributed by atoms with van der Waals surface area (Å²) in [6.07, 6.45) is 3.51. The van der Waals surface area contributed by atoms with Crippen LogP contribution in [0.25, 0.3) is 5.95 Å². The number of carbonyl (C=O) groups is 1. The summed E-state index contributed by atoms with van der Waals surface area (Å²) in [5.74, 6) is 0.688. The van der Waals surface area contributed by atoms with E-state index in [-0.39, 0.29) is 11.5 Å². The minimum absolute atomic E-state index is 0.151. The molecule has 1 aliphatic carbocycles. The van der Waals surface area contributed by atoms with Gasteiger partial charge in [-0.2, -0.15) is 9.78 Å². The number of benzene rings is 1. The van der Waals surface area contributed by atoms with E-state index < -0.39 is 6.03 Å². The highest BCUT2D eigenvalue weighted by atomic mass is 35.5. The van der Waals surface area contributed by atoms with Gasteiger partial charge in [-0.05, 0) is 50.8 Å². The van der Waals surface area contributed by atoms with Crippen molar-refractivity contribution in [1.82, 2.24) is 19.7 Å². The number of nitrogens with zero attached hydrogens (tertiary/aromatic N) is 3. The van der Waals surface area contributed by atoms with Gasteiger partial charge in [-0.25, -0.2) is 9.78 Å². The molecule has 2 heterocycles. The Hall–Kier alpha value is -3.13. The van der Waals surface area contributed by atoms with Crippen LogP contribution in [0, 0.1) is 6.92 Å². The van der Waals surface area contributed by atoms with Crippen molar-refractivity contribution in [2.75, 3.05) is 10.6 Å².